The molecule has 130 valence electrons. The lowest BCUT2D eigenvalue weighted by Crippen LogP contribution is -2.54. The lowest BCUT2D eigenvalue weighted by Gasteiger charge is -2.33. The van der Waals surface area contributed by atoms with Crippen molar-refractivity contribution in [2.45, 2.75) is 31.8 Å². The minimum Gasteiger partial charge on any atom is -0.348 e. The first-order chi connectivity index (χ1) is 12.0. The summed E-state index contributed by atoms with van der Waals surface area (Å²) in [5.41, 5.74) is 0.902. The molecule has 0 radical (unpaired) electrons. The highest BCUT2D eigenvalue weighted by Crippen LogP contribution is 2.29. The van der Waals surface area contributed by atoms with Crippen LogP contribution in [0.3, 0.4) is 0 Å². The Morgan fingerprint density at radius 1 is 1.32 bits per heavy atom. The molecule has 1 aromatic carbocycles. The Hall–Kier alpha value is -2.89. The molecule has 1 aliphatic heterocycles. The summed E-state index contributed by atoms with van der Waals surface area (Å²) < 4.78 is 1.77. The molecule has 1 atom stereocenters. The lowest BCUT2D eigenvalue weighted by molar-refractivity contribution is -0.141. The number of nitrogens with one attached hydrogen (secondary N) is 1. The Morgan fingerprint density at radius 2 is 2.08 bits per heavy atom. The van der Waals surface area contributed by atoms with Crippen LogP contribution in [0.1, 0.15) is 25.5 Å². The van der Waals surface area contributed by atoms with Crippen molar-refractivity contribution in [3.63, 3.8) is 0 Å². The molecule has 6 heteroatoms. The van der Waals surface area contributed by atoms with Crippen molar-refractivity contribution < 1.29 is 9.59 Å². The van der Waals surface area contributed by atoms with E-state index in [9.17, 15) is 9.59 Å². The smallest absolute Gasteiger partial charge is 0.246 e. The average molecular weight is 338 g/mol. The van der Waals surface area contributed by atoms with Crippen LogP contribution < -0.4 is 5.32 Å². The summed E-state index contributed by atoms with van der Waals surface area (Å²) >= 11 is 0. The number of carbonyl (C=O) groups is 2. The van der Waals surface area contributed by atoms with Crippen molar-refractivity contribution in [2.75, 3.05) is 6.54 Å². The van der Waals surface area contributed by atoms with Crippen molar-refractivity contribution in [2.24, 2.45) is 0 Å². The number of para-hydroxylation sites is 1. The van der Waals surface area contributed by atoms with E-state index >= 15 is 0 Å². The summed E-state index contributed by atoms with van der Waals surface area (Å²) in [6.45, 7) is 6.23. The van der Waals surface area contributed by atoms with Crippen molar-refractivity contribution in [3.8, 4) is 5.69 Å². The van der Waals surface area contributed by atoms with Gasteiger partial charge in [0.1, 0.15) is 5.54 Å². The van der Waals surface area contributed by atoms with Crippen LogP contribution in [0.4, 0.5) is 0 Å². The van der Waals surface area contributed by atoms with Gasteiger partial charge >= 0.3 is 0 Å². The number of amides is 2. The molecule has 1 aromatic heterocycles. The van der Waals surface area contributed by atoms with Crippen LogP contribution in [0.2, 0.25) is 0 Å². The van der Waals surface area contributed by atoms with Crippen LogP contribution >= 0.6 is 0 Å². The highest BCUT2D eigenvalue weighted by molar-refractivity contribution is 5.95. The van der Waals surface area contributed by atoms with Crippen molar-refractivity contribution in [1.29, 1.82) is 0 Å². The van der Waals surface area contributed by atoms with Crippen LogP contribution in [-0.4, -0.2) is 38.6 Å². The van der Waals surface area contributed by atoms with Crippen LogP contribution in [0.15, 0.2) is 55.3 Å². The number of likely N-dealkylation sites (tertiary alicyclic amines) is 1. The van der Waals surface area contributed by atoms with Gasteiger partial charge in [-0.1, -0.05) is 24.8 Å². The van der Waals surface area contributed by atoms with Crippen LogP contribution in [0.5, 0.6) is 0 Å². The third kappa shape index (κ3) is 3.33. The predicted octanol–water partition coefficient (Wildman–Crippen LogP) is 2.06. The molecule has 6 nitrogen and oxygen atoms in total. The Labute approximate surface area is 147 Å². The topological polar surface area (TPSA) is 67.2 Å². The van der Waals surface area contributed by atoms with E-state index in [4.69, 9.17) is 0 Å². The lowest BCUT2D eigenvalue weighted by atomic mass is 9.97. The molecule has 1 unspecified atom stereocenters. The first-order valence-electron chi connectivity index (χ1n) is 8.37. The SMILES string of the molecule is C=CC(=O)N1CCCC1(C)C(=O)NCc1ccn(-c2ccccc2)n1. The van der Waals surface area contributed by atoms with Gasteiger partial charge in [0, 0.05) is 12.7 Å². The largest absolute Gasteiger partial charge is 0.348 e. The van der Waals surface area contributed by atoms with E-state index in [1.54, 1.807) is 16.5 Å². The normalized spacial score (nSPS) is 19.6. The van der Waals surface area contributed by atoms with Gasteiger partial charge in [0.05, 0.1) is 17.9 Å². The number of rotatable bonds is 5. The Kier molecular flexibility index (Phi) is 4.70. The summed E-state index contributed by atoms with van der Waals surface area (Å²) in [5.74, 6) is -0.363. The Balaban J connectivity index is 1.65. The third-order valence-corrected chi connectivity index (χ3v) is 4.67. The molecule has 3 rings (SSSR count). The van der Waals surface area contributed by atoms with E-state index in [0.29, 0.717) is 19.5 Å². The van der Waals surface area contributed by atoms with E-state index in [1.165, 1.54) is 6.08 Å². The van der Waals surface area contributed by atoms with Gasteiger partial charge in [0.15, 0.2) is 0 Å². The summed E-state index contributed by atoms with van der Waals surface area (Å²) in [6, 6.07) is 11.7. The van der Waals surface area contributed by atoms with Gasteiger partial charge < -0.3 is 10.2 Å². The summed E-state index contributed by atoms with van der Waals surface area (Å²) in [5, 5.41) is 7.39. The Bertz CT molecular complexity index is 784. The van der Waals surface area contributed by atoms with E-state index in [1.807, 2.05) is 42.6 Å². The van der Waals surface area contributed by atoms with E-state index < -0.39 is 5.54 Å². The minimum atomic E-state index is -0.826. The monoisotopic (exact) mass is 338 g/mol. The van der Waals surface area contributed by atoms with Gasteiger partial charge in [-0.25, -0.2) is 4.68 Å². The number of aromatic nitrogens is 2. The second-order valence-corrected chi connectivity index (χ2v) is 6.34. The highest BCUT2D eigenvalue weighted by Gasteiger charge is 2.44. The second kappa shape index (κ2) is 6.93. The van der Waals surface area contributed by atoms with Gasteiger partial charge in [-0.05, 0) is 44.0 Å². The fourth-order valence-electron chi connectivity index (χ4n) is 3.20. The van der Waals surface area contributed by atoms with Gasteiger partial charge in [-0.2, -0.15) is 5.10 Å². The number of nitrogens with zero attached hydrogens (tertiary/aromatic N) is 3. The molecule has 0 aliphatic carbocycles. The predicted molar refractivity (Wildman–Crippen MR) is 95.0 cm³/mol. The van der Waals surface area contributed by atoms with Gasteiger partial charge in [0.2, 0.25) is 11.8 Å². The van der Waals surface area contributed by atoms with Gasteiger partial charge in [-0.15, -0.1) is 0 Å². The molecule has 0 bridgehead atoms. The molecule has 0 spiro atoms. The maximum atomic E-state index is 12.7. The highest BCUT2D eigenvalue weighted by atomic mass is 16.2. The summed E-state index contributed by atoms with van der Waals surface area (Å²) in [6.07, 6.45) is 4.59. The number of hydrogen-bond acceptors (Lipinski definition) is 3. The van der Waals surface area contributed by atoms with E-state index in [-0.39, 0.29) is 11.8 Å². The molecule has 2 amide bonds. The van der Waals surface area contributed by atoms with Crippen molar-refractivity contribution >= 4 is 11.8 Å². The minimum absolute atomic E-state index is 0.158. The maximum Gasteiger partial charge on any atom is 0.246 e. The first kappa shape index (κ1) is 17.0. The number of hydrogen-bond donors (Lipinski definition) is 1. The second-order valence-electron chi connectivity index (χ2n) is 6.34. The standard InChI is InChI=1S/C19H22N4O2/c1-3-17(24)22-12-7-11-19(22,2)18(25)20-14-15-10-13-23(21-15)16-8-5-4-6-9-16/h3-6,8-10,13H,1,7,11-12,14H2,2H3,(H,20,25). The first-order valence-corrected chi connectivity index (χ1v) is 8.37. The molecule has 2 aromatic rings. The molecule has 25 heavy (non-hydrogen) atoms. The third-order valence-electron chi connectivity index (χ3n) is 4.67. The quantitative estimate of drug-likeness (QED) is 0.849. The van der Waals surface area contributed by atoms with Crippen LogP contribution in [0, 0.1) is 0 Å². The Morgan fingerprint density at radius 3 is 2.80 bits per heavy atom. The van der Waals surface area contributed by atoms with Gasteiger partial charge in [0.25, 0.3) is 0 Å². The molecular weight excluding hydrogens is 316 g/mol. The van der Waals surface area contributed by atoms with Crippen molar-refractivity contribution in [1.82, 2.24) is 20.0 Å². The fourth-order valence-corrected chi connectivity index (χ4v) is 3.20. The van der Waals surface area contributed by atoms with Crippen molar-refractivity contribution in [3.05, 3.63) is 60.9 Å². The van der Waals surface area contributed by atoms with E-state index in [0.717, 1.165) is 17.8 Å². The average Bonchev–Trinajstić information content (AvgIpc) is 3.27. The number of carbonyl (C=O) groups excluding carboxylic acids is 2. The molecule has 1 N–H and O–H groups in total. The summed E-state index contributed by atoms with van der Waals surface area (Å²) in [4.78, 5) is 26.3. The fraction of sp³-hybridized carbons (Fsp3) is 0.316. The zero-order chi connectivity index (χ0) is 17.9. The molecule has 1 fully saturated rings. The van der Waals surface area contributed by atoms with Gasteiger partial charge in [-0.3, -0.25) is 9.59 Å². The van der Waals surface area contributed by atoms with Crippen LogP contribution in [-0.2, 0) is 16.1 Å². The molecule has 0 saturated carbocycles. The molecule has 1 saturated heterocycles. The zero-order valence-electron chi connectivity index (χ0n) is 14.3. The molecular formula is C19H22N4O2. The molecule has 2 heterocycles. The summed E-state index contributed by atoms with van der Waals surface area (Å²) in [7, 11) is 0. The van der Waals surface area contributed by atoms with E-state index in [2.05, 4.69) is 17.0 Å². The number of benzene rings is 1. The zero-order valence-corrected chi connectivity index (χ0v) is 14.3. The maximum absolute atomic E-state index is 12.7. The van der Waals surface area contributed by atoms with Crippen LogP contribution in [0.25, 0.3) is 5.69 Å². The molecule has 1 aliphatic rings.